The Bertz CT molecular complexity index is 862. The van der Waals surface area contributed by atoms with Crippen molar-refractivity contribution in [1.29, 1.82) is 0 Å². The van der Waals surface area contributed by atoms with Crippen LogP contribution in [0.15, 0.2) is 53.9 Å². The molecule has 0 spiro atoms. The molecular formula is C19H17FN2O2S. The van der Waals surface area contributed by atoms with Crippen LogP contribution in [0.2, 0.25) is 0 Å². The minimum atomic E-state index is -0.286. The first-order valence-corrected chi connectivity index (χ1v) is 8.67. The number of halogens is 1. The fourth-order valence-electron chi connectivity index (χ4n) is 2.36. The van der Waals surface area contributed by atoms with Crippen LogP contribution >= 0.6 is 11.3 Å². The van der Waals surface area contributed by atoms with E-state index in [0.717, 1.165) is 17.0 Å². The first-order chi connectivity index (χ1) is 12.2. The Morgan fingerprint density at radius 1 is 1.20 bits per heavy atom. The standard InChI is InChI=1S/C19H17FN2O2S/c1-24-15-9-6-14(7-10-15)17-12-25-19(21-17)22-18(23)11-8-13-4-2-3-5-16(13)20/h2-7,9-10,12H,8,11H2,1H3,(H,21,22,23). The third-order valence-corrected chi connectivity index (χ3v) is 4.47. The van der Waals surface area contributed by atoms with Gasteiger partial charge in [0.1, 0.15) is 11.6 Å². The van der Waals surface area contributed by atoms with Gasteiger partial charge in [-0.1, -0.05) is 18.2 Å². The molecule has 3 rings (SSSR count). The number of aryl methyl sites for hydroxylation is 1. The highest BCUT2D eigenvalue weighted by atomic mass is 32.1. The fraction of sp³-hybridized carbons (Fsp3) is 0.158. The third-order valence-electron chi connectivity index (χ3n) is 3.72. The lowest BCUT2D eigenvalue weighted by Crippen LogP contribution is -2.12. The van der Waals surface area contributed by atoms with E-state index in [0.29, 0.717) is 17.1 Å². The highest BCUT2D eigenvalue weighted by Gasteiger charge is 2.10. The van der Waals surface area contributed by atoms with Gasteiger partial charge in [0.25, 0.3) is 0 Å². The fourth-order valence-corrected chi connectivity index (χ4v) is 3.09. The highest BCUT2D eigenvalue weighted by molar-refractivity contribution is 7.14. The molecule has 128 valence electrons. The Morgan fingerprint density at radius 2 is 1.96 bits per heavy atom. The van der Waals surface area contributed by atoms with Crippen LogP contribution in [0.3, 0.4) is 0 Å². The number of amides is 1. The molecule has 0 saturated carbocycles. The van der Waals surface area contributed by atoms with Crippen LogP contribution in [-0.4, -0.2) is 18.0 Å². The van der Waals surface area contributed by atoms with Crippen molar-refractivity contribution in [1.82, 2.24) is 4.98 Å². The summed E-state index contributed by atoms with van der Waals surface area (Å²) in [5.74, 6) is 0.311. The van der Waals surface area contributed by atoms with Crippen LogP contribution in [-0.2, 0) is 11.2 Å². The van der Waals surface area contributed by atoms with E-state index in [-0.39, 0.29) is 18.1 Å². The number of nitrogens with zero attached hydrogens (tertiary/aromatic N) is 1. The lowest BCUT2D eigenvalue weighted by atomic mass is 10.1. The van der Waals surface area contributed by atoms with E-state index >= 15 is 0 Å². The van der Waals surface area contributed by atoms with Gasteiger partial charge in [0, 0.05) is 17.4 Å². The minimum absolute atomic E-state index is 0.182. The normalized spacial score (nSPS) is 10.5. The van der Waals surface area contributed by atoms with Gasteiger partial charge in [0.15, 0.2) is 5.13 Å². The second-order valence-electron chi connectivity index (χ2n) is 5.41. The molecule has 1 heterocycles. The number of anilines is 1. The van der Waals surface area contributed by atoms with Crippen LogP contribution in [0.4, 0.5) is 9.52 Å². The Morgan fingerprint density at radius 3 is 2.68 bits per heavy atom. The molecule has 0 bridgehead atoms. The maximum atomic E-state index is 13.6. The monoisotopic (exact) mass is 356 g/mol. The molecule has 1 N–H and O–H groups in total. The summed E-state index contributed by atoms with van der Waals surface area (Å²) in [6.45, 7) is 0. The van der Waals surface area contributed by atoms with Crippen molar-refractivity contribution < 1.29 is 13.9 Å². The van der Waals surface area contributed by atoms with Crippen molar-refractivity contribution >= 4 is 22.4 Å². The number of carbonyl (C=O) groups excluding carboxylic acids is 1. The maximum Gasteiger partial charge on any atom is 0.226 e. The molecule has 2 aromatic carbocycles. The molecule has 0 atom stereocenters. The highest BCUT2D eigenvalue weighted by Crippen LogP contribution is 2.26. The number of ether oxygens (including phenoxy) is 1. The summed E-state index contributed by atoms with van der Waals surface area (Å²) >= 11 is 1.36. The van der Waals surface area contributed by atoms with Gasteiger partial charge in [-0.3, -0.25) is 4.79 Å². The van der Waals surface area contributed by atoms with Gasteiger partial charge in [-0.25, -0.2) is 9.37 Å². The number of aromatic nitrogens is 1. The van der Waals surface area contributed by atoms with Gasteiger partial charge in [-0.15, -0.1) is 11.3 Å². The minimum Gasteiger partial charge on any atom is -0.497 e. The Balaban J connectivity index is 1.59. The molecule has 4 nitrogen and oxygen atoms in total. The lowest BCUT2D eigenvalue weighted by Gasteiger charge is -2.03. The molecule has 0 fully saturated rings. The summed E-state index contributed by atoms with van der Waals surface area (Å²) < 4.78 is 18.7. The summed E-state index contributed by atoms with van der Waals surface area (Å²) in [5, 5.41) is 5.18. The van der Waals surface area contributed by atoms with Gasteiger partial charge < -0.3 is 10.1 Å². The van der Waals surface area contributed by atoms with E-state index in [2.05, 4.69) is 10.3 Å². The summed E-state index contributed by atoms with van der Waals surface area (Å²) in [5.41, 5.74) is 2.27. The van der Waals surface area contributed by atoms with E-state index in [1.807, 2.05) is 29.6 Å². The van der Waals surface area contributed by atoms with Crippen LogP contribution in [0, 0.1) is 5.82 Å². The van der Waals surface area contributed by atoms with E-state index < -0.39 is 0 Å². The second-order valence-corrected chi connectivity index (χ2v) is 6.26. The van der Waals surface area contributed by atoms with Crippen molar-refractivity contribution in [3.8, 4) is 17.0 Å². The zero-order valence-corrected chi connectivity index (χ0v) is 14.5. The van der Waals surface area contributed by atoms with E-state index in [4.69, 9.17) is 4.74 Å². The average molecular weight is 356 g/mol. The van der Waals surface area contributed by atoms with Crippen LogP contribution < -0.4 is 10.1 Å². The van der Waals surface area contributed by atoms with Crippen molar-refractivity contribution in [2.75, 3.05) is 12.4 Å². The quantitative estimate of drug-likeness (QED) is 0.706. The molecule has 3 aromatic rings. The van der Waals surface area contributed by atoms with Gasteiger partial charge in [-0.2, -0.15) is 0 Å². The van der Waals surface area contributed by atoms with Crippen molar-refractivity contribution in [3.63, 3.8) is 0 Å². The number of hydrogen-bond acceptors (Lipinski definition) is 4. The molecule has 0 aliphatic carbocycles. The summed E-state index contributed by atoms with van der Waals surface area (Å²) in [4.78, 5) is 16.5. The number of carbonyl (C=O) groups is 1. The molecular weight excluding hydrogens is 339 g/mol. The van der Waals surface area contributed by atoms with Gasteiger partial charge in [-0.05, 0) is 42.3 Å². The molecule has 25 heavy (non-hydrogen) atoms. The van der Waals surface area contributed by atoms with Gasteiger partial charge in [0.2, 0.25) is 5.91 Å². The Hall–Kier alpha value is -2.73. The topological polar surface area (TPSA) is 51.2 Å². The Labute approximate surface area is 149 Å². The first-order valence-electron chi connectivity index (χ1n) is 7.79. The SMILES string of the molecule is COc1ccc(-c2csc(NC(=O)CCc3ccccc3F)n2)cc1. The number of nitrogens with one attached hydrogen (secondary N) is 1. The smallest absolute Gasteiger partial charge is 0.226 e. The zero-order chi connectivity index (χ0) is 17.6. The molecule has 0 radical (unpaired) electrons. The van der Waals surface area contributed by atoms with E-state index in [1.165, 1.54) is 17.4 Å². The number of methoxy groups -OCH3 is 1. The number of rotatable bonds is 6. The lowest BCUT2D eigenvalue weighted by molar-refractivity contribution is -0.116. The maximum absolute atomic E-state index is 13.6. The van der Waals surface area contributed by atoms with E-state index in [9.17, 15) is 9.18 Å². The molecule has 1 amide bonds. The molecule has 1 aromatic heterocycles. The van der Waals surface area contributed by atoms with Gasteiger partial charge in [0.05, 0.1) is 12.8 Å². The second kappa shape index (κ2) is 7.90. The van der Waals surface area contributed by atoms with Crippen molar-refractivity contribution in [3.05, 3.63) is 65.3 Å². The van der Waals surface area contributed by atoms with Crippen LogP contribution in [0.25, 0.3) is 11.3 Å². The molecule has 0 saturated heterocycles. The Kier molecular flexibility index (Phi) is 5.40. The summed E-state index contributed by atoms with van der Waals surface area (Å²) in [7, 11) is 1.62. The summed E-state index contributed by atoms with van der Waals surface area (Å²) in [6.07, 6.45) is 0.563. The van der Waals surface area contributed by atoms with Gasteiger partial charge >= 0.3 is 0 Å². The largest absolute Gasteiger partial charge is 0.497 e. The number of hydrogen-bond donors (Lipinski definition) is 1. The number of thiazole rings is 1. The van der Waals surface area contributed by atoms with Crippen molar-refractivity contribution in [2.45, 2.75) is 12.8 Å². The predicted molar refractivity (Wildman–Crippen MR) is 97.5 cm³/mol. The number of benzene rings is 2. The van der Waals surface area contributed by atoms with Crippen LogP contribution in [0.1, 0.15) is 12.0 Å². The van der Waals surface area contributed by atoms with E-state index in [1.54, 1.807) is 25.3 Å². The molecule has 6 heteroatoms. The first kappa shape index (κ1) is 17.1. The van der Waals surface area contributed by atoms with Crippen LogP contribution in [0.5, 0.6) is 5.75 Å². The average Bonchev–Trinajstić information content (AvgIpc) is 3.09. The molecule has 0 aliphatic heterocycles. The zero-order valence-electron chi connectivity index (χ0n) is 13.7. The molecule has 0 unspecified atom stereocenters. The molecule has 0 aliphatic rings. The van der Waals surface area contributed by atoms with Crippen molar-refractivity contribution in [2.24, 2.45) is 0 Å². The third kappa shape index (κ3) is 4.42. The predicted octanol–water partition coefficient (Wildman–Crippen LogP) is 4.53. The summed E-state index contributed by atoms with van der Waals surface area (Å²) in [6, 6.07) is 14.0.